The third-order valence-electron chi connectivity index (χ3n) is 4.15. The van der Waals surface area contributed by atoms with E-state index in [9.17, 15) is 19.1 Å². The fourth-order valence-corrected chi connectivity index (χ4v) is 3.08. The van der Waals surface area contributed by atoms with Crippen LogP contribution in [0.3, 0.4) is 0 Å². The van der Waals surface area contributed by atoms with Gasteiger partial charge in [-0.25, -0.2) is 9.37 Å². The predicted octanol–water partition coefficient (Wildman–Crippen LogP) is 4.03. The number of halogens is 2. The maximum atomic E-state index is 13.3. The topological polar surface area (TPSA) is 101 Å². The number of hydrogen-bond donors (Lipinski definition) is 3. The highest BCUT2D eigenvalue weighted by Crippen LogP contribution is 2.30. The van der Waals surface area contributed by atoms with Gasteiger partial charge in [0.05, 0.1) is 4.47 Å². The van der Waals surface area contributed by atoms with Gasteiger partial charge in [0.2, 0.25) is 5.88 Å². The molecule has 0 aliphatic carbocycles. The van der Waals surface area contributed by atoms with E-state index in [1.54, 1.807) is 24.3 Å². The first kappa shape index (κ1) is 22.2. The average Bonchev–Trinajstić information content (AvgIpc) is 2.75. The first-order chi connectivity index (χ1) is 14.9. The molecule has 3 aromatic rings. The molecular weight excluding hydrogens is 469 g/mol. The lowest BCUT2D eigenvalue weighted by atomic mass is 10.2. The first-order valence-electron chi connectivity index (χ1n) is 9.37. The summed E-state index contributed by atoms with van der Waals surface area (Å²) in [5, 5.41) is 14.9. The number of carbonyl (C=O) groups excluding carboxylic acids is 2. The molecule has 0 bridgehead atoms. The van der Waals surface area contributed by atoms with Gasteiger partial charge >= 0.3 is 0 Å². The van der Waals surface area contributed by atoms with Gasteiger partial charge in [-0.3, -0.25) is 9.59 Å². The molecule has 2 aromatic carbocycles. The highest BCUT2D eigenvalue weighted by molar-refractivity contribution is 9.10. The number of pyridine rings is 1. The fraction of sp³-hybridized carbons (Fsp3) is 0.136. The van der Waals surface area contributed by atoms with Gasteiger partial charge in [-0.2, -0.15) is 0 Å². The number of ether oxygens (including phenoxy) is 1. The monoisotopic (exact) mass is 487 g/mol. The number of amides is 2. The van der Waals surface area contributed by atoms with Crippen LogP contribution in [0.5, 0.6) is 17.4 Å². The predicted molar refractivity (Wildman–Crippen MR) is 116 cm³/mol. The summed E-state index contributed by atoms with van der Waals surface area (Å²) in [5.41, 5.74) is 0.579. The van der Waals surface area contributed by atoms with Crippen molar-refractivity contribution >= 4 is 27.7 Å². The average molecular weight is 488 g/mol. The molecule has 0 fully saturated rings. The Balaban J connectivity index is 1.51. The number of benzene rings is 2. The lowest BCUT2D eigenvalue weighted by Crippen LogP contribution is -2.30. The van der Waals surface area contributed by atoms with Gasteiger partial charge < -0.3 is 20.5 Å². The minimum absolute atomic E-state index is 0.0158. The van der Waals surface area contributed by atoms with E-state index in [-0.39, 0.29) is 29.0 Å². The molecule has 0 atom stereocenters. The maximum Gasteiger partial charge on any atom is 0.256 e. The van der Waals surface area contributed by atoms with Gasteiger partial charge in [-0.05, 0) is 70.9 Å². The molecule has 0 aliphatic rings. The summed E-state index contributed by atoms with van der Waals surface area (Å²) in [7, 11) is 0. The van der Waals surface area contributed by atoms with Crippen LogP contribution in [0, 0.1) is 5.82 Å². The van der Waals surface area contributed by atoms with Crippen molar-refractivity contribution in [1.82, 2.24) is 15.6 Å². The van der Waals surface area contributed by atoms with Gasteiger partial charge in [-0.15, -0.1) is 0 Å². The van der Waals surface area contributed by atoms with Gasteiger partial charge in [-0.1, -0.05) is 6.07 Å². The molecule has 160 valence electrons. The second-order valence-corrected chi connectivity index (χ2v) is 7.30. The van der Waals surface area contributed by atoms with E-state index >= 15 is 0 Å². The molecule has 0 aliphatic heterocycles. The molecule has 31 heavy (non-hydrogen) atoms. The van der Waals surface area contributed by atoms with Gasteiger partial charge in [0, 0.05) is 24.8 Å². The standard InChI is InChI=1S/C22H19BrFN3O4/c23-18-13-15(24)7-8-19(18)31-22-17(6-2-9-27-22)21(30)26-11-3-10-25-20(29)14-4-1-5-16(28)12-14/h1-2,4-9,12-13,28H,3,10-11H2,(H,25,29)(H,26,30). The number of aromatic nitrogens is 1. The van der Waals surface area contributed by atoms with Crippen LogP contribution < -0.4 is 15.4 Å². The maximum absolute atomic E-state index is 13.3. The van der Waals surface area contributed by atoms with E-state index in [0.29, 0.717) is 35.3 Å². The molecular formula is C22H19BrFN3O4. The number of phenols is 1. The third kappa shape index (κ3) is 6.26. The van der Waals surface area contributed by atoms with Crippen LogP contribution in [0.15, 0.2) is 65.3 Å². The highest BCUT2D eigenvalue weighted by Gasteiger charge is 2.15. The highest BCUT2D eigenvalue weighted by atomic mass is 79.9. The van der Waals surface area contributed by atoms with Crippen LogP contribution in [0.1, 0.15) is 27.1 Å². The van der Waals surface area contributed by atoms with E-state index in [4.69, 9.17) is 4.74 Å². The quantitative estimate of drug-likeness (QED) is 0.416. The Kier molecular flexibility index (Phi) is 7.55. The van der Waals surface area contributed by atoms with Crippen LogP contribution >= 0.6 is 15.9 Å². The molecule has 3 rings (SSSR count). The minimum Gasteiger partial charge on any atom is -0.508 e. The smallest absolute Gasteiger partial charge is 0.256 e. The van der Waals surface area contributed by atoms with E-state index in [2.05, 4.69) is 31.5 Å². The Labute approximate surface area is 186 Å². The zero-order valence-electron chi connectivity index (χ0n) is 16.3. The largest absolute Gasteiger partial charge is 0.508 e. The normalized spacial score (nSPS) is 10.4. The second-order valence-electron chi connectivity index (χ2n) is 6.45. The van der Waals surface area contributed by atoms with Crippen LogP contribution in [0.25, 0.3) is 0 Å². The first-order valence-corrected chi connectivity index (χ1v) is 10.2. The van der Waals surface area contributed by atoms with Gasteiger partial charge in [0.15, 0.2) is 0 Å². The van der Waals surface area contributed by atoms with Crippen LogP contribution in [0.4, 0.5) is 4.39 Å². The van der Waals surface area contributed by atoms with Crippen molar-refractivity contribution in [1.29, 1.82) is 0 Å². The molecule has 0 unspecified atom stereocenters. The van der Waals surface area contributed by atoms with Crippen molar-refractivity contribution in [2.75, 3.05) is 13.1 Å². The summed E-state index contributed by atoms with van der Waals surface area (Å²) < 4.78 is 19.3. The Morgan fingerprint density at radius 1 is 1.03 bits per heavy atom. The summed E-state index contributed by atoms with van der Waals surface area (Å²) in [5.74, 6) is -0.694. The Morgan fingerprint density at radius 2 is 1.81 bits per heavy atom. The molecule has 0 saturated carbocycles. The van der Waals surface area contributed by atoms with E-state index in [0.717, 1.165) is 0 Å². The van der Waals surface area contributed by atoms with E-state index < -0.39 is 5.82 Å². The number of rotatable bonds is 8. The Morgan fingerprint density at radius 3 is 2.55 bits per heavy atom. The Hall–Kier alpha value is -3.46. The summed E-state index contributed by atoms with van der Waals surface area (Å²) in [4.78, 5) is 28.6. The van der Waals surface area contributed by atoms with Crippen molar-refractivity contribution in [2.24, 2.45) is 0 Å². The van der Waals surface area contributed by atoms with Crippen molar-refractivity contribution in [2.45, 2.75) is 6.42 Å². The van der Waals surface area contributed by atoms with Crippen molar-refractivity contribution < 1.29 is 23.8 Å². The molecule has 0 radical (unpaired) electrons. The molecule has 1 aromatic heterocycles. The lowest BCUT2D eigenvalue weighted by Gasteiger charge is -2.11. The minimum atomic E-state index is -0.422. The molecule has 0 spiro atoms. The fourth-order valence-electron chi connectivity index (χ4n) is 2.64. The number of carbonyl (C=O) groups is 2. The third-order valence-corrected chi connectivity index (χ3v) is 4.77. The van der Waals surface area contributed by atoms with Gasteiger partial charge in [0.25, 0.3) is 11.8 Å². The van der Waals surface area contributed by atoms with Crippen LogP contribution in [-0.2, 0) is 0 Å². The van der Waals surface area contributed by atoms with Gasteiger partial charge in [0.1, 0.15) is 22.9 Å². The molecule has 9 heteroatoms. The molecule has 2 amide bonds. The number of nitrogens with one attached hydrogen (secondary N) is 2. The lowest BCUT2D eigenvalue weighted by molar-refractivity contribution is 0.0949. The number of phenolic OH excluding ortho intramolecular Hbond substituents is 1. The number of aromatic hydroxyl groups is 1. The Bertz CT molecular complexity index is 1090. The summed E-state index contributed by atoms with van der Waals surface area (Å²) in [6.07, 6.45) is 1.98. The van der Waals surface area contributed by atoms with E-state index in [1.807, 2.05) is 0 Å². The second kappa shape index (κ2) is 10.5. The molecule has 3 N–H and O–H groups in total. The van der Waals surface area contributed by atoms with Crippen molar-refractivity contribution in [3.63, 3.8) is 0 Å². The van der Waals surface area contributed by atoms with Crippen LogP contribution in [-0.4, -0.2) is 35.0 Å². The molecule has 1 heterocycles. The van der Waals surface area contributed by atoms with Crippen molar-refractivity contribution in [3.8, 4) is 17.4 Å². The molecule has 0 saturated heterocycles. The zero-order chi connectivity index (χ0) is 22.2. The SMILES string of the molecule is O=C(NCCCNC(=O)c1cccnc1Oc1ccc(F)cc1Br)c1cccc(O)c1. The zero-order valence-corrected chi connectivity index (χ0v) is 17.9. The summed E-state index contributed by atoms with van der Waals surface area (Å²) >= 11 is 3.22. The van der Waals surface area contributed by atoms with E-state index in [1.165, 1.54) is 36.5 Å². The van der Waals surface area contributed by atoms with Crippen LogP contribution in [0.2, 0.25) is 0 Å². The summed E-state index contributed by atoms with van der Waals surface area (Å²) in [6.45, 7) is 0.654. The molecule has 7 nitrogen and oxygen atoms in total. The number of nitrogens with zero attached hydrogens (tertiary/aromatic N) is 1. The van der Waals surface area contributed by atoms with Crippen molar-refractivity contribution in [3.05, 3.63) is 82.2 Å². The summed E-state index contributed by atoms with van der Waals surface area (Å²) in [6, 6.07) is 13.2. The number of hydrogen-bond acceptors (Lipinski definition) is 5.